The summed E-state index contributed by atoms with van der Waals surface area (Å²) in [5.74, 6) is -0.493. The van der Waals surface area contributed by atoms with Gasteiger partial charge in [0.15, 0.2) is 0 Å². The molecule has 0 spiro atoms. The molecular formula is C14H12O3. The van der Waals surface area contributed by atoms with Crippen LogP contribution in [0.4, 0.5) is 0 Å². The van der Waals surface area contributed by atoms with Crippen LogP contribution in [-0.4, -0.2) is 13.1 Å². The molecular weight excluding hydrogens is 216 g/mol. The SMILES string of the molecule is COOC(=O)c1ccc(-c2ccccc2)cc1. The lowest BCUT2D eigenvalue weighted by Gasteiger charge is -2.03. The summed E-state index contributed by atoms with van der Waals surface area (Å²) in [5, 5.41) is 0. The van der Waals surface area contributed by atoms with Crippen molar-refractivity contribution in [2.24, 2.45) is 0 Å². The predicted octanol–water partition coefficient (Wildman–Crippen LogP) is 3.07. The lowest BCUT2D eigenvalue weighted by atomic mass is 10.0. The summed E-state index contributed by atoms with van der Waals surface area (Å²) in [6, 6.07) is 17.1. The summed E-state index contributed by atoms with van der Waals surface area (Å²) < 4.78 is 0. The smallest absolute Gasteiger partial charge is 0.293 e. The van der Waals surface area contributed by atoms with Crippen LogP contribution in [0.2, 0.25) is 0 Å². The fraction of sp³-hybridized carbons (Fsp3) is 0.0714. The molecule has 0 saturated carbocycles. The van der Waals surface area contributed by atoms with Crippen molar-refractivity contribution in [3.8, 4) is 11.1 Å². The first-order valence-electron chi connectivity index (χ1n) is 5.22. The van der Waals surface area contributed by atoms with Gasteiger partial charge in [-0.3, -0.25) is 4.89 Å². The molecule has 2 aromatic carbocycles. The van der Waals surface area contributed by atoms with E-state index < -0.39 is 5.97 Å². The van der Waals surface area contributed by atoms with Crippen molar-refractivity contribution < 1.29 is 14.6 Å². The first-order valence-corrected chi connectivity index (χ1v) is 5.22. The summed E-state index contributed by atoms with van der Waals surface area (Å²) in [4.78, 5) is 20.1. The van der Waals surface area contributed by atoms with Crippen molar-refractivity contribution in [2.75, 3.05) is 7.11 Å². The maximum Gasteiger partial charge on any atom is 0.373 e. The van der Waals surface area contributed by atoms with E-state index in [1.165, 1.54) is 7.11 Å². The van der Waals surface area contributed by atoms with Gasteiger partial charge in [0.2, 0.25) is 0 Å². The Bertz CT molecular complexity index is 489. The summed E-state index contributed by atoms with van der Waals surface area (Å²) in [5.41, 5.74) is 2.63. The molecule has 0 saturated heterocycles. The van der Waals surface area contributed by atoms with Crippen LogP contribution in [0.25, 0.3) is 11.1 Å². The molecule has 0 radical (unpaired) electrons. The highest BCUT2D eigenvalue weighted by molar-refractivity contribution is 5.89. The van der Waals surface area contributed by atoms with Crippen LogP contribution in [0, 0.1) is 0 Å². The van der Waals surface area contributed by atoms with Gasteiger partial charge in [-0.15, -0.1) is 0 Å². The highest BCUT2D eigenvalue weighted by atomic mass is 17.2. The largest absolute Gasteiger partial charge is 0.373 e. The maximum atomic E-state index is 11.3. The minimum Gasteiger partial charge on any atom is -0.293 e. The fourth-order valence-corrected chi connectivity index (χ4v) is 1.55. The molecule has 0 aliphatic rings. The van der Waals surface area contributed by atoms with Crippen LogP contribution in [0.3, 0.4) is 0 Å². The number of hydrogen-bond donors (Lipinski definition) is 0. The van der Waals surface area contributed by atoms with Crippen LogP contribution in [0.1, 0.15) is 10.4 Å². The molecule has 0 fully saturated rings. The second-order valence-corrected chi connectivity index (χ2v) is 3.48. The normalized spacial score (nSPS) is 9.94. The third kappa shape index (κ3) is 2.71. The Kier molecular flexibility index (Phi) is 3.52. The number of carbonyl (C=O) groups is 1. The van der Waals surface area contributed by atoms with E-state index in [9.17, 15) is 4.79 Å². The molecule has 3 nitrogen and oxygen atoms in total. The van der Waals surface area contributed by atoms with Gasteiger partial charge in [0.25, 0.3) is 0 Å². The average molecular weight is 228 g/mol. The van der Waals surface area contributed by atoms with Gasteiger partial charge in [0.1, 0.15) is 0 Å². The Morgan fingerprint density at radius 2 is 1.47 bits per heavy atom. The van der Waals surface area contributed by atoms with Crippen LogP contribution in [0.5, 0.6) is 0 Å². The molecule has 0 aromatic heterocycles. The molecule has 0 bridgehead atoms. The van der Waals surface area contributed by atoms with Gasteiger partial charge < -0.3 is 0 Å². The Balaban J connectivity index is 2.22. The van der Waals surface area contributed by atoms with E-state index in [-0.39, 0.29) is 0 Å². The maximum absolute atomic E-state index is 11.3. The highest BCUT2D eigenvalue weighted by Gasteiger charge is 2.07. The van der Waals surface area contributed by atoms with Gasteiger partial charge in [-0.2, -0.15) is 4.89 Å². The van der Waals surface area contributed by atoms with Crippen LogP contribution in [-0.2, 0) is 9.78 Å². The lowest BCUT2D eigenvalue weighted by molar-refractivity contribution is -0.216. The summed E-state index contributed by atoms with van der Waals surface area (Å²) in [6.07, 6.45) is 0. The average Bonchev–Trinajstić information content (AvgIpc) is 2.40. The van der Waals surface area contributed by atoms with Gasteiger partial charge in [-0.1, -0.05) is 42.5 Å². The standard InChI is InChI=1S/C14H12O3/c1-16-17-14(15)13-9-7-12(8-10-13)11-5-3-2-4-6-11/h2-10H,1H3. The Labute approximate surface area is 99.5 Å². The Morgan fingerprint density at radius 1 is 0.882 bits per heavy atom. The molecule has 0 amide bonds. The number of hydrogen-bond acceptors (Lipinski definition) is 3. The van der Waals surface area contributed by atoms with Gasteiger partial charge in [-0.05, 0) is 23.3 Å². The monoisotopic (exact) mass is 228 g/mol. The van der Waals surface area contributed by atoms with E-state index in [0.29, 0.717) is 5.56 Å². The van der Waals surface area contributed by atoms with Gasteiger partial charge >= 0.3 is 5.97 Å². The van der Waals surface area contributed by atoms with Crippen molar-refractivity contribution in [1.82, 2.24) is 0 Å². The van der Waals surface area contributed by atoms with Crippen LogP contribution in [0.15, 0.2) is 54.6 Å². The van der Waals surface area contributed by atoms with Gasteiger partial charge in [0, 0.05) is 0 Å². The summed E-state index contributed by atoms with van der Waals surface area (Å²) in [7, 11) is 1.30. The summed E-state index contributed by atoms with van der Waals surface area (Å²) >= 11 is 0. The number of rotatable bonds is 3. The number of benzene rings is 2. The van der Waals surface area contributed by atoms with Gasteiger partial charge in [0.05, 0.1) is 12.7 Å². The second-order valence-electron chi connectivity index (χ2n) is 3.48. The molecule has 0 aliphatic carbocycles. The zero-order valence-electron chi connectivity index (χ0n) is 9.42. The minimum absolute atomic E-state index is 0.464. The Morgan fingerprint density at radius 3 is 2.06 bits per heavy atom. The summed E-state index contributed by atoms with van der Waals surface area (Å²) in [6.45, 7) is 0. The number of carbonyl (C=O) groups excluding carboxylic acids is 1. The lowest BCUT2D eigenvalue weighted by Crippen LogP contribution is -2.03. The van der Waals surface area contributed by atoms with Crippen molar-refractivity contribution in [3.05, 3.63) is 60.2 Å². The molecule has 86 valence electrons. The molecule has 0 aliphatic heterocycles. The van der Waals surface area contributed by atoms with E-state index in [0.717, 1.165) is 11.1 Å². The first-order chi connectivity index (χ1) is 8.31. The molecule has 3 heteroatoms. The molecule has 0 unspecified atom stereocenters. The topological polar surface area (TPSA) is 35.5 Å². The van der Waals surface area contributed by atoms with Crippen molar-refractivity contribution in [2.45, 2.75) is 0 Å². The fourth-order valence-electron chi connectivity index (χ4n) is 1.55. The molecule has 17 heavy (non-hydrogen) atoms. The van der Waals surface area contributed by atoms with E-state index in [4.69, 9.17) is 0 Å². The van der Waals surface area contributed by atoms with E-state index >= 15 is 0 Å². The van der Waals surface area contributed by atoms with Crippen molar-refractivity contribution >= 4 is 5.97 Å². The van der Waals surface area contributed by atoms with E-state index in [1.807, 2.05) is 42.5 Å². The first kappa shape index (κ1) is 11.4. The molecule has 0 atom stereocenters. The minimum atomic E-state index is -0.493. The van der Waals surface area contributed by atoms with Crippen molar-refractivity contribution in [1.29, 1.82) is 0 Å². The third-order valence-corrected chi connectivity index (χ3v) is 2.39. The van der Waals surface area contributed by atoms with Crippen LogP contribution < -0.4 is 0 Å². The molecule has 0 heterocycles. The quantitative estimate of drug-likeness (QED) is 0.598. The predicted molar refractivity (Wildman–Crippen MR) is 64.3 cm³/mol. The molecule has 2 rings (SSSR count). The third-order valence-electron chi connectivity index (χ3n) is 2.39. The van der Waals surface area contributed by atoms with Crippen LogP contribution >= 0.6 is 0 Å². The molecule has 2 aromatic rings. The van der Waals surface area contributed by atoms with E-state index in [1.54, 1.807) is 12.1 Å². The Hall–Kier alpha value is -2.13. The molecule has 0 N–H and O–H groups in total. The van der Waals surface area contributed by atoms with Gasteiger partial charge in [-0.25, -0.2) is 4.79 Å². The zero-order chi connectivity index (χ0) is 12.1. The van der Waals surface area contributed by atoms with E-state index in [2.05, 4.69) is 9.78 Å². The highest BCUT2D eigenvalue weighted by Crippen LogP contribution is 2.19. The second kappa shape index (κ2) is 5.27. The van der Waals surface area contributed by atoms with Crippen molar-refractivity contribution in [3.63, 3.8) is 0 Å². The zero-order valence-corrected chi connectivity index (χ0v) is 9.42.